The SMILES string of the molecule is C=Cc1cc(C(C)C)[nH]c1/C=C\C. The Hall–Kier alpha value is -1.24. The first kappa shape index (κ1) is 9.85. The average molecular weight is 175 g/mol. The van der Waals surface area contributed by atoms with Crippen molar-refractivity contribution >= 4 is 12.2 Å². The van der Waals surface area contributed by atoms with Gasteiger partial charge in [-0.3, -0.25) is 0 Å². The van der Waals surface area contributed by atoms with E-state index in [-0.39, 0.29) is 0 Å². The van der Waals surface area contributed by atoms with Crippen LogP contribution in [0.25, 0.3) is 12.2 Å². The van der Waals surface area contributed by atoms with Crippen molar-refractivity contribution in [3.63, 3.8) is 0 Å². The van der Waals surface area contributed by atoms with Crippen molar-refractivity contribution in [2.24, 2.45) is 0 Å². The Morgan fingerprint density at radius 1 is 1.46 bits per heavy atom. The normalized spacial score (nSPS) is 11.4. The second kappa shape index (κ2) is 4.13. The van der Waals surface area contributed by atoms with Gasteiger partial charge in [0.15, 0.2) is 0 Å². The third-order valence-electron chi connectivity index (χ3n) is 2.08. The summed E-state index contributed by atoms with van der Waals surface area (Å²) in [4.78, 5) is 3.38. The summed E-state index contributed by atoms with van der Waals surface area (Å²) in [5, 5.41) is 0. The van der Waals surface area contributed by atoms with Crippen molar-refractivity contribution in [2.45, 2.75) is 26.7 Å². The highest BCUT2D eigenvalue weighted by molar-refractivity contribution is 5.62. The van der Waals surface area contributed by atoms with Gasteiger partial charge in [-0.25, -0.2) is 0 Å². The fourth-order valence-electron chi connectivity index (χ4n) is 1.29. The molecular formula is C12H17N. The van der Waals surface area contributed by atoms with Gasteiger partial charge in [-0.05, 0) is 30.5 Å². The van der Waals surface area contributed by atoms with Gasteiger partial charge >= 0.3 is 0 Å². The molecule has 0 bridgehead atoms. The van der Waals surface area contributed by atoms with E-state index in [1.807, 2.05) is 19.1 Å². The lowest BCUT2D eigenvalue weighted by atomic mass is 10.1. The van der Waals surface area contributed by atoms with Crippen LogP contribution >= 0.6 is 0 Å². The first-order valence-electron chi connectivity index (χ1n) is 4.67. The molecular weight excluding hydrogens is 158 g/mol. The Labute approximate surface area is 80.2 Å². The molecule has 1 rings (SSSR count). The van der Waals surface area contributed by atoms with Crippen molar-refractivity contribution < 1.29 is 0 Å². The molecule has 1 heteroatoms. The van der Waals surface area contributed by atoms with Gasteiger partial charge in [0.25, 0.3) is 0 Å². The summed E-state index contributed by atoms with van der Waals surface area (Å²) >= 11 is 0. The summed E-state index contributed by atoms with van der Waals surface area (Å²) in [5.41, 5.74) is 3.60. The third kappa shape index (κ3) is 2.11. The summed E-state index contributed by atoms with van der Waals surface area (Å²) in [6.45, 7) is 10.2. The molecule has 0 saturated carbocycles. The zero-order valence-corrected chi connectivity index (χ0v) is 8.59. The van der Waals surface area contributed by atoms with Crippen molar-refractivity contribution in [3.05, 3.63) is 35.7 Å². The summed E-state index contributed by atoms with van der Waals surface area (Å²) in [6.07, 6.45) is 5.99. The van der Waals surface area contributed by atoms with Gasteiger partial charge in [-0.1, -0.05) is 32.6 Å². The molecule has 0 aliphatic heterocycles. The highest BCUT2D eigenvalue weighted by Gasteiger charge is 2.05. The van der Waals surface area contributed by atoms with Crippen LogP contribution in [0.1, 0.15) is 43.6 Å². The van der Waals surface area contributed by atoms with Crippen LogP contribution in [0.5, 0.6) is 0 Å². The fraction of sp³-hybridized carbons (Fsp3) is 0.333. The largest absolute Gasteiger partial charge is 0.358 e. The van der Waals surface area contributed by atoms with E-state index in [0.717, 1.165) is 5.69 Å². The smallest absolute Gasteiger partial charge is 0.0452 e. The second-order valence-electron chi connectivity index (χ2n) is 3.45. The van der Waals surface area contributed by atoms with Gasteiger partial charge in [-0.2, -0.15) is 0 Å². The Kier molecular flexibility index (Phi) is 3.13. The molecule has 1 N–H and O–H groups in total. The maximum absolute atomic E-state index is 3.79. The average Bonchev–Trinajstić information content (AvgIpc) is 2.48. The van der Waals surface area contributed by atoms with Crippen LogP contribution in [-0.2, 0) is 0 Å². The number of hydrogen-bond donors (Lipinski definition) is 1. The number of allylic oxidation sites excluding steroid dienone is 1. The molecule has 0 fully saturated rings. The summed E-state index contributed by atoms with van der Waals surface area (Å²) in [6, 6.07) is 2.16. The summed E-state index contributed by atoms with van der Waals surface area (Å²) in [5.74, 6) is 0.540. The van der Waals surface area contributed by atoms with Crippen LogP contribution in [0.15, 0.2) is 18.7 Å². The van der Waals surface area contributed by atoms with Gasteiger partial charge in [0, 0.05) is 11.4 Å². The van der Waals surface area contributed by atoms with Crippen LogP contribution in [0, 0.1) is 0 Å². The Morgan fingerprint density at radius 3 is 2.62 bits per heavy atom. The molecule has 0 aliphatic carbocycles. The van der Waals surface area contributed by atoms with E-state index in [1.54, 1.807) is 0 Å². The molecule has 0 amide bonds. The predicted molar refractivity (Wildman–Crippen MR) is 59.7 cm³/mol. The zero-order valence-electron chi connectivity index (χ0n) is 8.59. The minimum Gasteiger partial charge on any atom is -0.358 e. The van der Waals surface area contributed by atoms with E-state index in [4.69, 9.17) is 0 Å². The van der Waals surface area contributed by atoms with Gasteiger partial charge in [0.2, 0.25) is 0 Å². The van der Waals surface area contributed by atoms with Crippen LogP contribution in [-0.4, -0.2) is 4.98 Å². The van der Waals surface area contributed by atoms with Gasteiger partial charge in [0.1, 0.15) is 0 Å². The number of hydrogen-bond acceptors (Lipinski definition) is 0. The van der Waals surface area contributed by atoms with Gasteiger partial charge < -0.3 is 4.98 Å². The van der Waals surface area contributed by atoms with Gasteiger partial charge in [-0.15, -0.1) is 0 Å². The number of rotatable bonds is 3. The standard InChI is InChI=1S/C12H17N/c1-5-7-11-10(6-2)8-12(13-11)9(3)4/h5-9,13H,2H2,1,3-4H3/b7-5-. The number of aromatic nitrogens is 1. The molecule has 1 aromatic rings. The van der Waals surface area contributed by atoms with E-state index >= 15 is 0 Å². The van der Waals surface area contributed by atoms with Crippen molar-refractivity contribution in [1.82, 2.24) is 4.98 Å². The molecule has 0 radical (unpaired) electrons. The van der Waals surface area contributed by atoms with E-state index in [2.05, 4.69) is 37.6 Å². The maximum Gasteiger partial charge on any atom is 0.0452 e. The molecule has 1 heterocycles. The van der Waals surface area contributed by atoms with Crippen LogP contribution in [0.2, 0.25) is 0 Å². The zero-order chi connectivity index (χ0) is 9.84. The number of nitrogens with one attached hydrogen (secondary N) is 1. The Morgan fingerprint density at radius 2 is 2.15 bits per heavy atom. The predicted octanol–water partition coefficient (Wildman–Crippen LogP) is 3.81. The third-order valence-corrected chi connectivity index (χ3v) is 2.08. The molecule has 0 aliphatic rings. The quantitative estimate of drug-likeness (QED) is 0.719. The lowest BCUT2D eigenvalue weighted by Gasteiger charge is -1.98. The minimum absolute atomic E-state index is 0.540. The van der Waals surface area contributed by atoms with E-state index < -0.39 is 0 Å². The summed E-state index contributed by atoms with van der Waals surface area (Å²) < 4.78 is 0. The maximum atomic E-state index is 3.79. The monoisotopic (exact) mass is 175 g/mol. The minimum atomic E-state index is 0.540. The molecule has 0 atom stereocenters. The molecule has 1 nitrogen and oxygen atoms in total. The first-order chi connectivity index (χ1) is 6.19. The van der Waals surface area contributed by atoms with Crippen LogP contribution in [0.3, 0.4) is 0 Å². The number of aromatic amines is 1. The Bertz CT molecular complexity index is 316. The van der Waals surface area contributed by atoms with E-state index in [0.29, 0.717) is 5.92 Å². The number of H-pyrrole nitrogens is 1. The molecule has 70 valence electrons. The fourth-order valence-corrected chi connectivity index (χ4v) is 1.29. The Balaban J connectivity index is 3.11. The molecule has 1 aromatic heterocycles. The first-order valence-corrected chi connectivity index (χ1v) is 4.67. The lowest BCUT2D eigenvalue weighted by Crippen LogP contribution is -1.85. The van der Waals surface area contributed by atoms with Gasteiger partial charge in [0.05, 0.1) is 0 Å². The van der Waals surface area contributed by atoms with Crippen molar-refractivity contribution in [2.75, 3.05) is 0 Å². The molecule has 13 heavy (non-hydrogen) atoms. The summed E-state index contributed by atoms with van der Waals surface area (Å²) in [7, 11) is 0. The topological polar surface area (TPSA) is 15.8 Å². The lowest BCUT2D eigenvalue weighted by molar-refractivity contribution is 0.832. The van der Waals surface area contributed by atoms with Crippen LogP contribution in [0.4, 0.5) is 0 Å². The highest BCUT2D eigenvalue weighted by Crippen LogP contribution is 2.20. The molecule has 0 aromatic carbocycles. The molecule has 0 spiro atoms. The second-order valence-corrected chi connectivity index (χ2v) is 3.45. The molecule has 0 unspecified atom stereocenters. The highest BCUT2D eigenvalue weighted by atomic mass is 14.7. The van der Waals surface area contributed by atoms with E-state index in [1.165, 1.54) is 11.3 Å². The van der Waals surface area contributed by atoms with Crippen molar-refractivity contribution in [3.8, 4) is 0 Å². The van der Waals surface area contributed by atoms with Crippen LogP contribution < -0.4 is 0 Å². The van der Waals surface area contributed by atoms with Crippen molar-refractivity contribution in [1.29, 1.82) is 0 Å². The molecule has 0 saturated heterocycles. The van der Waals surface area contributed by atoms with E-state index in [9.17, 15) is 0 Å².